The highest BCUT2D eigenvalue weighted by molar-refractivity contribution is 6.00. The van der Waals surface area contributed by atoms with Gasteiger partial charge in [-0.25, -0.2) is 8.78 Å². The van der Waals surface area contributed by atoms with E-state index in [1.165, 1.54) is 7.11 Å². The molecule has 0 saturated carbocycles. The molecule has 2 unspecified atom stereocenters. The lowest BCUT2D eigenvalue weighted by Crippen LogP contribution is -2.55. The van der Waals surface area contributed by atoms with Crippen LogP contribution in [0.5, 0.6) is 5.75 Å². The molecule has 0 aliphatic carbocycles. The van der Waals surface area contributed by atoms with Crippen LogP contribution < -0.4 is 10.1 Å². The zero-order valence-electron chi connectivity index (χ0n) is 11.7. The van der Waals surface area contributed by atoms with Gasteiger partial charge in [0.15, 0.2) is 17.4 Å². The predicted octanol–water partition coefficient (Wildman–Crippen LogP) is 1.92. The Hall–Kier alpha value is -1.53. The minimum atomic E-state index is -1.03. The van der Waals surface area contributed by atoms with Crippen LogP contribution in [0.3, 0.4) is 0 Å². The van der Waals surface area contributed by atoms with Gasteiger partial charge in [-0.15, -0.1) is 0 Å². The van der Waals surface area contributed by atoms with Gasteiger partial charge < -0.3 is 14.8 Å². The van der Waals surface area contributed by atoms with Crippen molar-refractivity contribution in [3.8, 4) is 5.75 Å². The number of morpholine rings is 1. The zero-order chi connectivity index (χ0) is 15.0. The molecular formula is C15H17F2NO3. The number of hydrogen-bond acceptors (Lipinski definition) is 4. The second-order valence-electron chi connectivity index (χ2n) is 5.60. The van der Waals surface area contributed by atoms with Crippen molar-refractivity contribution < 1.29 is 23.0 Å². The molecule has 2 saturated heterocycles. The number of methoxy groups -OCH3 is 1. The largest absolute Gasteiger partial charge is 0.496 e. The van der Waals surface area contributed by atoms with E-state index in [1.54, 1.807) is 0 Å². The van der Waals surface area contributed by atoms with Crippen LogP contribution in [0.1, 0.15) is 23.2 Å². The molecule has 4 nitrogen and oxygen atoms in total. The molecular weight excluding hydrogens is 280 g/mol. The van der Waals surface area contributed by atoms with Gasteiger partial charge in [0, 0.05) is 24.1 Å². The van der Waals surface area contributed by atoms with Crippen LogP contribution in [0, 0.1) is 17.6 Å². The number of fused-ring (bicyclic) bond motifs is 2. The Bertz CT molecular complexity index is 552. The lowest BCUT2D eigenvalue weighted by atomic mass is 9.82. The number of benzene rings is 1. The smallest absolute Gasteiger partial charge is 0.169 e. The molecule has 1 aromatic rings. The summed E-state index contributed by atoms with van der Waals surface area (Å²) >= 11 is 0. The summed E-state index contributed by atoms with van der Waals surface area (Å²) in [5.41, 5.74) is 0.113. The maximum absolute atomic E-state index is 13.4. The van der Waals surface area contributed by atoms with Gasteiger partial charge in [0.2, 0.25) is 0 Å². The Morgan fingerprint density at radius 3 is 2.48 bits per heavy atom. The van der Waals surface area contributed by atoms with Crippen LogP contribution in [-0.4, -0.2) is 38.2 Å². The van der Waals surface area contributed by atoms with E-state index >= 15 is 0 Å². The molecule has 3 rings (SSSR count). The van der Waals surface area contributed by atoms with Crippen LogP contribution in [-0.2, 0) is 4.74 Å². The normalized spacial score (nSPS) is 28.2. The molecule has 2 aliphatic heterocycles. The Labute approximate surface area is 121 Å². The Balaban J connectivity index is 1.86. The molecule has 2 atom stereocenters. The van der Waals surface area contributed by atoms with E-state index in [4.69, 9.17) is 9.47 Å². The fourth-order valence-corrected chi connectivity index (χ4v) is 3.16. The quantitative estimate of drug-likeness (QED) is 0.866. The van der Waals surface area contributed by atoms with Gasteiger partial charge in [0.1, 0.15) is 5.75 Å². The fourth-order valence-electron chi connectivity index (χ4n) is 3.16. The van der Waals surface area contributed by atoms with Gasteiger partial charge in [-0.3, -0.25) is 4.79 Å². The first-order valence-electron chi connectivity index (χ1n) is 6.99. The average Bonchev–Trinajstić information content (AvgIpc) is 2.48. The van der Waals surface area contributed by atoms with Gasteiger partial charge in [-0.1, -0.05) is 0 Å². The van der Waals surface area contributed by atoms with Crippen molar-refractivity contribution in [2.24, 2.45) is 5.92 Å². The summed E-state index contributed by atoms with van der Waals surface area (Å²) in [6.07, 6.45) is 1.27. The number of halogens is 2. The third-order valence-corrected chi connectivity index (χ3v) is 4.13. The summed E-state index contributed by atoms with van der Waals surface area (Å²) in [4.78, 5) is 12.6. The minimum Gasteiger partial charge on any atom is -0.496 e. The summed E-state index contributed by atoms with van der Waals surface area (Å²) in [5, 5.41) is 3.40. The van der Waals surface area contributed by atoms with Crippen LogP contribution in [0.15, 0.2) is 12.1 Å². The molecule has 0 aromatic heterocycles. The predicted molar refractivity (Wildman–Crippen MR) is 71.5 cm³/mol. The molecule has 0 spiro atoms. The van der Waals surface area contributed by atoms with Crippen molar-refractivity contribution in [1.82, 2.24) is 5.32 Å². The topological polar surface area (TPSA) is 47.6 Å². The van der Waals surface area contributed by atoms with Crippen molar-refractivity contribution in [3.63, 3.8) is 0 Å². The third kappa shape index (κ3) is 2.78. The highest BCUT2D eigenvalue weighted by Crippen LogP contribution is 2.31. The first-order chi connectivity index (χ1) is 10.1. The molecule has 0 radical (unpaired) electrons. The van der Waals surface area contributed by atoms with Gasteiger partial charge in [-0.05, 0) is 18.9 Å². The number of ether oxygens (including phenoxy) is 2. The summed E-state index contributed by atoms with van der Waals surface area (Å²) in [6.45, 7) is 1.16. The molecule has 21 heavy (non-hydrogen) atoms. The first kappa shape index (κ1) is 14.4. The van der Waals surface area contributed by atoms with E-state index in [9.17, 15) is 13.6 Å². The summed E-state index contributed by atoms with van der Waals surface area (Å²) in [6, 6.07) is 2.14. The molecule has 1 N–H and O–H groups in total. The van der Waals surface area contributed by atoms with E-state index in [0.29, 0.717) is 26.1 Å². The lowest BCUT2D eigenvalue weighted by Gasteiger charge is -2.39. The van der Waals surface area contributed by atoms with Gasteiger partial charge in [0.05, 0.1) is 25.9 Å². The molecule has 0 amide bonds. The van der Waals surface area contributed by atoms with E-state index in [2.05, 4.69) is 5.32 Å². The fraction of sp³-hybridized carbons (Fsp3) is 0.533. The van der Waals surface area contributed by atoms with Crippen molar-refractivity contribution in [3.05, 3.63) is 29.3 Å². The average molecular weight is 297 g/mol. The molecule has 2 bridgehead atoms. The first-order valence-corrected chi connectivity index (χ1v) is 6.99. The second kappa shape index (κ2) is 5.69. The van der Waals surface area contributed by atoms with Crippen LogP contribution in [0.25, 0.3) is 0 Å². The maximum Gasteiger partial charge on any atom is 0.169 e. The number of nitrogens with one attached hydrogen (secondary N) is 1. The summed E-state index contributed by atoms with van der Waals surface area (Å²) < 4.78 is 37.1. The number of ketones is 1. The number of piperidine rings is 1. The molecule has 2 fully saturated rings. The molecule has 6 heteroatoms. The van der Waals surface area contributed by atoms with E-state index in [1.807, 2.05) is 0 Å². The maximum atomic E-state index is 13.4. The van der Waals surface area contributed by atoms with Crippen molar-refractivity contribution in [2.75, 3.05) is 20.3 Å². The molecule has 1 aromatic carbocycles. The number of carbonyl (C=O) groups is 1. The standard InChI is InChI=1S/C15H17F2NO3/c1-20-14-5-13(17)12(16)4-11(14)15(19)8-2-9-6-21-7-10(3-8)18-9/h4-5,8-10,18H,2-3,6-7H2,1H3. The summed E-state index contributed by atoms with van der Waals surface area (Å²) in [5.74, 6) is -2.37. The lowest BCUT2D eigenvalue weighted by molar-refractivity contribution is 0.00947. The molecule has 2 aliphatic rings. The highest BCUT2D eigenvalue weighted by atomic mass is 19.2. The Morgan fingerprint density at radius 1 is 1.24 bits per heavy atom. The van der Waals surface area contributed by atoms with E-state index in [0.717, 1.165) is 12.1 Å². The molecule has 114 valence electrons. The third-order valence-electron chi connectivity index (χ3n) is 4.13. The highest BCUT2D eigenvalue weighted by Gasteiger charge is 2.36. The Morgan fingerprint density at radius 2 is 1.86 bits per heavy atom. The van der Waals surface area contributed by atoms with Gasteiger partial charge in [-0.2, -0.15) is 0 Å². The number of Topliss-reactive ketones (excluding diaryl/α,β-unsaturated/α-hetero) is 1. The van der Waals surface area contributed by atoms with Crippen molar-refractivity contribution in [1.29, 1.82) is 0 Å². The number of hydrogen-bond donors (Lipinski definition) is 1. The van der Waals surface area contributed by atoms with Gasteiger partial charge >= 0.3 is 0 Å². The number of rotatable bonds is 3. The van der Waals surface area contributed by atoms with Crippen LogP contribution in [0.4, 0.5) is 8.78 Å². The monoisotopic (exact) mass is 297 g/mol. The molecule has 2 heterocycles. The Kier molecular flexibility index (Phi) is 3.91. The van der Waals surface area contributed by atoms with E-state index in [-0.39, 0.29) is 35.1 Å². The summed E-state index contributed by atoms with van der Waals surface area (Å²) in [7, 11) is 1.34. The van der Waals surface area contributed by atoms with Crippen LogP contribution in [0.2, 0.25) is 0 Å². The van der Waals surface area contributed by atoms with E-state index < -0.39 is 11.6 Å². The minimum absolute atomic E-state index is 0.0823. The zero-order valence-corrected chi connectivity index (χ0v) is 11.7. The van der Waals surface area contributed by atoms with Crippen LogP contribution >= 0.6 is 0 Å². The van der Waals surface area contributed by atoms with Crippen molar-refractivity contribution >= 4 is 5.78 Å². The van der Waals surface area contributed by atoms with Crippen molar-refractivity contribution in [2.45, 2.75) is 24.9 Å². The number of carbonyl (C=O) groups excluding carboxylic acids is 1. The van der Waals surface area contributed by atoms with Gasteiger partial charge in [0.25, 0.3) is 0 Å². The second-order valence-corrected chi connectivity index (χ2v) is 5.60. The SMILES string of the molecule is COc1cc(F)c(F)cc1C(=O)C1CC2COCC(C1)N2.